The molecule has 7 rings (SSSR count). The molecule has 37 heavy (non-hydrogen) atoms. The van der Waals surface area contributed by atoms with Crippen LogP contribution >= 0.6 is 0 Å². The normalized spacial score (nSPS) is 45.8. The highest BCUT2D eigenvalue weighted by atomic mass is 16.5. The van der Waals surface area contributed by atoms with Crippen LogP contribution in [-0.2, 0) is 16.1 Å². The van der Waals surface area contributed by atoms with Gasteiger partial charge in [-0.3, -0.25) is 9.69 Å². The minimum atomic E-state index is 0.0453. The molecule has 0 radical (unpaired) electrons. The van der Waals surface area contributed by atoms with E-state index in [1.807, 2.05) is 5.57 Å². The van der Waals surface area contributed by atoms with Crippen LogP contribution in [0.5, 0.6) is 0 Å². The number of ether oxygens (including phenoxy) is 1. The zero-order valence-electron chi connectivity index (χ0n) is 23.4. The molecule has 3 saturated carbocycles. The maximum atomic E-state index is 12.3. The van der Waals surface area contributed by atoms with Gasteiger partial charge in [0, 0.05) is 32.0 Å². The summed E-state index contributed by atoms with van der Waals surface area (Å²) >= 11 is 0. The van der Waals surface area contributed by atoms with Crippen molar-refractivity contribution in [2.45, 2.75) is 116 Å². The molecule has 0 bridgehead atoms. The summed E-state index contributed by atoms with van der Waals surface area (Å²) in [5, 5.41) is 0. The molecule has 6 aliphatic rings. The van der Waals surface area contributed by atoms with Crippen molar-refractivity contribution < 1.29 is 9.53 Å². The number of carbonyl (C=O) groups excluding carboxylic acids is 1. The molecule has 0 amide bonds. The van der Waals surface area contributed by atoms with Crippen LogP contribution in [0.3, 0.4) is 0 Å². The van der Waals surface area contributed by atoms with Gasteiger partial charge in [-0.1, -0.05) is 55.3 Å². The minimum Gasteiger partial charge on any atom is -0.370 e. The number of nitrogens with zero attached hydrogens (tertiary/aromatic N) is 1. The molecule has 1 aromatic rings. The molecule has 2 heterocycles. The van der Waals surface area contributed by atoms with E-state index < -0.39 is 0 Å². The monoisotopic (exact) mass is 501 g/mol. The first-order valence-corrected chi connectivity index (χ1v) is 15.5. The van der Waals surface area contributed by atoms with E-state index in [4.69, 9.17) is 4.74 Å². The number of hydrogen-bond donors (Lipinski definition) is 0. The fraction of sp³-hybridized carbons (Fsp3) is 0.735. The summed E-state index contributed by atoms with van der Waals surface area (Å²) in [7, 11) is 0. The van der Waals surface area contributed by atoms with Gasteiger partial charge in [0.2, 0.25) is 0 Å². The Morgan fingerprint density at radius 3 is 2.76 bits per heavy atom. The lowest BCUT2D eigenvalue weighted by atomic mass is 9.52. The van der Waals surface area contributed by atoms with E-state index in [9.17, 15) is 4.79 Å². The molecule has 3 heteroatoms. The Morgan fingerprint density at radius 2 is 1.92 bits per heavy atom. The molecule has 2 saturated heterocycles. The molecule has 5 fully saturated rings. The number of carbonyl (C=O) groups is 1. The second-order valence-corrected chi connectivity index (χ2v) is 14.5. The Bertz CT molecular complexity index is 1080. The zero-order valence-corrected chi connectivity index (χ0v) is 23.4. The van der Waals surface area contributed by atoms with E-state index in [0.717, 1.165) is 50.0 Å². The lowest BCUT2D eigenvalue weighted by molar-refractivity contribution is -0.129. The van der Waals surface area contributed by atoms with E-state index in [1.54, 1.807) is 5.57 Å². The maximum Gasteiger partial charge on any atom is 0.133 e. The Hall–Kier alpha value is -1.45. The lowest BCUT2D eigenvalue weighted by Gasteiger charge is -2.52. The molecule has 9 unspecified atom stereocenters. The molecular weight excluding hydrogens is 454 g/mol. The number of rotatable bonds is 2. The molecule has 1 aromatic carbocycles. The number of piperidine rings is 1. The Labute approximate surface area is 224 Å². The third-order valence-electron chi connectivity index (χ3n) is 12.3. The van der Waals surface area contributed by atoms with Crippen LogP contribution in [0.4, 0.5) is 0 Å². The van der Waals surface area contributed by atoms with Crippen molar-refractivity contribution in [2.24, 2.45) is 35.0 Å². The fourth-order valence-corrected chi connectivity index (χ4v) is 10.5. The van der Waals surface area contributed by atoms with Crippen molar-refractivity contribution in [3.05, 3.63) is 47.0 Å². The van der Waals surface area contributed by atoms with Crippen LogP contribution in [0.2, 0.25) is 0 Å². The van der Waals surface area contributed by atoms with Gasteiger partial charge < -0.3 is 4.74 Å². The predicted octanol–water partition coefficient (Wildman–Crippen LogP) is 7.35. The number of benzene rings is 1. The summed E-state index contributed by atoms with van der Waals surface area (Å²) < 4.78 is 7.19. The third-order valence-corrected chi connectivity index (χ3v) is 12.3. The van der Waals surface area contributed by atoms with Gasteiger partial charge in [0.25, 0.3) is 0 Å². The summed E-state index contributed by atoms with van der Waals surface area (Å²) in [5.74, 6) is 4.28. The second kappa shape index (κ2) is 9.05. The summed E-state index contributed by atoms with van der Waals surface area (Å²) in [6.07, 6.45) is 13.3. The van der Waals surface area contributed by atoms with Crippen molar-refractivity contribution in [1.29, 1.82) is 0 Å². The number of ketones is 1. The van der Waals surface area contributed by atoms with Crippen LogP contribution in [0.25, 0.3) is 0 Å². The third kappa shape index (κ3) is 4.09. The number of allylic oxidation sites excluding steroid dienone is 1. The minimum absolute atomic E-state index is 0.0453. The highest BCUT2D eigenvalue weighted by Crippen LogP contribution is 2.64. The Kier molecular flexibility index (Phi) is 6.01. The topological polar surface area (TPSA) is 29.5 Å². The van der Waals surface area contributed by atoms with E-state index in [0.29, 0.717) is 35.2 Å². The number of fused-ring (bicyclic) bond motifs is 6. The molecule has 200 valence electrons. The van der Waals surface area contributed by atoms with Gasteiger partial charge in [0.15, 0.2) is 0 Å². The molecule has 4 aliphatic carbocycles. The zero-order chi connectivity index (χ0) is 25.4. The van der Waals surface area contributed by atoms with Crippen molar-refractivity contribution in [3.63, 3.8) is 0 Å². The van der Waals surface area contributed by atoms with E-state index in [1.165, 1.54) is 57.1 Å². The van der Waals surface area contributed by atoms with Crippen molar-refractivity contribution >= 4 is 5.78 Å². The summed E-state index contributed by atoms with van der Waals surface area (Å²) in [6, 6.07) is 11.6. The molecule has 0 aromatic heterocycles. The standard InChI is InChI=1S/C34H47NO2/c1-22-15-32-31(35(20-22)21-24-7-5-4-6-8-24)19-34(37-32)14-12-27-28-10-9-25-16-26(36)11-13-33(25,3)30(28)17-29(27)23(2)18-34/h4-8,22,25,27-28,30-32H,9-21H2,1-3H3. The van der Waals surface area contributed by atoms with Crippen molar-refractivity contribution in [2.75, 3.05) is 6.54 Å². The first kappa shape index (κ1) is 24.6. The summed E-state index contributed by atoms with van der Waals surface area (Å²) in [6.45, 7) is 9.71. The number of likely N-dealkylation sites (tertiary alicyclic amines) is 1. The van der Waals surface area contributed by atoms with Gasteiger partial charge in [0.1, 0.15) is 5.78 Å². The average Bonchev–Trinajstić information content (AvgIpc) is 3.39. The van der Waals surface area contributed by atoms with Crippen LogP contribution < -0.4 is 0 Å². The van der Waals surface area contributed by atoms with Gasteiger partial charge >= 0.3 is 0 Å². The van der Waals surface area contributed by atoms with Gasteiger partial charge in [-0.25, -0.2) is 0 Å². The highest BCUT2D eigenvalue weighted by molar-refractivity contribution is 5.79. The molecule has 0 N–H and O–H groups in total. The van der Waals surface area contributed by atoms with Crippen LogP contribution in [0.15, 0.2) is 41.5 Å². The molecular formula is C34H47NO2. The fourth-order valence-electron chi connectivity index (χ4n) is 10.5. The summed E-state index contributed by atoms with van der Waals surface area (Å²) in [5.41, 5.74) is 5.36. The van der Waals surface area contributed by atoms with E-state index in [-0.39, 0.29) is 5.60 Å². The van der Waals surface area contributed by atoms with Crippen LogP contribution in [-0.4, -0.2) is 35.0 Å². The van der Waals surface area contributed by atoms with E-state index >= 15 is 0 Å². The quantitative estimate of drug-likeness (QED) is 0.397. The van der Waals surface area contributed by atoms with Gasteiger partial charge in [0.05, 0.1) is 11.7 Å². The van der Waals surface area contributed by atoms with Gasteiger partial charge in [-0.05, 0) is 105 Å². The number of Topliss-reactive ketones (excluding diaryl/α,β-unsaturated/α-hetero) is 1. The van der Waals surface area contributed by atoms with Gasteiger partial charge in [-0.15, -0.1) is 0 Å². The largest absolute Gasteiger partial charge is 0.370 e. The maximum absolute atomic E-state index is 12.3. The highest BCUT2D eigenvalue weighted by Gasteiger charge is 2.58. The van der Waals surface area contributed by atoms with E-state index in [2.05, 4.69) is 56.0 Å². The second-order valence-electron chi connectivity index (χ2n) is 14.5. The smallest absolute Gasteiger partial charge is 0.133 e. The Morgan fingerprint density at radius 1 is 1.08 bits per heavy atom. The number of hydrogen-bond acceptors (Lipinski definition) is 3. The lowest BCUT2D eigenvalue weighted by Crippen LogP contribution is -2.48. The average molecular weight is 502 g/mol. The molecule has 9 atom stereocenters. The SMILES string of the molecule is CC1=C2CC3C(CCC4CC(=O)CCC43C)C2CCC2(C1)CC1C(CC(C)CN1Cc1ccccc1)O2. The van der Waals surface area contributed by atoms with Crippen molar-refractivity contribution in [1.82, 2.24) is 4.90 Å². The van der Waals surface area contributed by atoms with Gasteiger partial charge in [-0.2, -0.15) is 0 Å². The van der Waals surface area contributed by atoms with Crippen molar-refractivity contribution in [3.8, 4) is 0 Å². The Balaban J connectivity index is 1.12. The first-order chi connectivity index (χ1) is 17.8. The van der Waals surface area contributed by atoms with Crippen LogP contribution in [0.1, 0.15) is 97.0 Å². The molecule has 2 aliphatic heterocycles. The first-order valence-electron chi connectivity index (χ1n) is 15.5. The van der Waals surface area contributed by atoms with Crippen LogP contribution in [0, 0.1) is 35.0 Å². The molecule has 3 nitrogen and oxygen atoms in total. The predicted molar refractivity (Wildman–Crippen MR) is 148 cm³/mol. The molecule has 1 spiro atoms. The summed E-state index contributed by atoms with van der Waals surface area (Å²) in [4.78, 5) is 15.0.